The van der Waals surface area contributed by atoms with Crippen molar-refractivity contribution >= 4 is 11.9 Å². The summed E-state index contributed by atoms with van der Waals surface area (Å²) in [6.07, 6.45) is 1.00. The number of amides is 1. The number of rotatable bonds is 6. The SMILES string of the molecule is CC(C(=O)NC(CCc1ccccc1)C(=O)O)=C1CNC1. The molecule has 1 aliphatic heterocycles. The van der Waals surface area contributed by atoms with E-state index < -0.39 is 12.0 Å². The van der Waals surface area contributed by atoms with Crippen LogP contribution in [0.5, 0.6) is 0 Å². The Hall–Kier alpha value is -2.14. The van der Waals surface area contributed by atoms with Crippen LogP contribution in [0.3, 0.4) is 0 Å². The fourth-order valence-corrected chi connectivity index (χ4v) is 2.16. The van der Waals surface area contributed by atoms with Gasteiger partial charge in [0.15, 0.2) is 0 Å². The lowest BCUT2D eigenvalue weighted by Crippen LogP contribution is -2.43. The van der Waals surface area contributed by atoms with Gasteiger partial charge >= 0.3 is 5.97 Å². The van der Waals surface area contributed by atoms with Crippen molar-refractivity contribution in [3.05, 3.63) is 47.0 Å². The maximum atomic E-state index is 12.0. The zero-order valence-corrected chi connectivity index (χ0v) is 12.1. The second-order valence-electron chi connectivity index (χ2n) is 5.22. The van der Waals surface area contributed by atoms with Crippen molar-refractivity contribution in [1.29, 1.82) is 0 Å². The molecule has 0 radical (unpaired) electrons. The molecule has 112 valence electrons. The van der Waals surface area contributed by atoms with Gasteiger partial charge in [-0.15, -0.1) is 0 Å². The fraction of sp³-hybridized carbons (Fsp3) is 0.375. The van der Waals surface area contributed by atoms with Gasteiger partial charge in [-0.05, 0) is 30.9 Å². The summed E-state index contributed by atoms with van der Waals surface area (Å²) in [5.74, 6) is -1.28. The van der Waals surface area contributed by atoms with Crippen LogP contribution in [-0.2, 0) is 16.0 Å². The third-order valence-corrected chi connectivity index (χ3v) is 3.72. The third-order valence-electron chi connectivity index (χ3n) is 3.72. The number of aryl methyl sites for hydroxylation is 1. The summed E-state index contributed by atoms with van der Waals surface area (Å²) in [4.78, 5) is 23.3. The summed E-state index contributed by atoms with van der Waals surface area (Å²) >= 11 is 0. The van der Waals surface area contributed by atoms with Gasteiger partial charge < -0.3 is 15.7 Å². The van der Waals surface area contributed by atoms with Gasteiger partial charge in [-0.2, -0.15) is 0 Å². The average Bonchev–Trinajstić information content (AvgIpc) is 2.42. The zero-order valence-electron chi connectivity index (χ0n) is 12.1. The van der Waals surface area contributed by atoms with E-state index in [9.17, 15) is 14.7 Å². The Morgan fingerprint density at radius 2 is 1.95 bits per heavy atom. The molecule has 1 heterocycles. The minimum absolute atomic E-state index is 0.285. The molecule has 0 aromatic heterocycles. The highest BCUT2D eigenvalue weighted by molar-refractivity contribution is 5.96. The molecule has 1 unspecified atom stereocenters. The molecule has 0 spiro atoms. The van der Waals surface area contributed by atoms with Gasteiger partial charge in [-0.25, -0.2) is 4.79 Å². The fourth-order valence-electron chi connectivity index (χ4n) is 2.16. The molecular weight excluding hydrogens is 268 g/mol. The van der Waals surface area contributed by atoms with Gasteiger partial charge in [0.05, 0.1) is 0 Å². The topological polar surface area (TPSA) is 78.4 Å². The Bertz CT molecular complexity index is 546. The highest BCUT2D eigenvalue weighted by atomic mass is 16.4. The third kappa shape index (κ3) is 4.16. The number of carboxylic acids is 1. The van der Waals surface area contributed by atoms with Crippen molar-refractivity contribution in [2.75, 3.05) is 13.1 Å². The first kappa shape index (κ1) is 15.3. The monoisotopic (exact) mass is 288 g/mol. The summed E-state index contributed by atoms with van der Waals surface area (Å²) in [5, 5.41) is 14.9. The lowest BCUT2D eigenvalue weighted by molar-refractivity contribution is -0.141. The number of carbonyl (C=O) groups excluding carboxylic acids is 1. The standard InChI is InChI=1S/C16H20N2O3/c1-11(13-9-17-10-13)15(19)18-14(16(20)21)8-7-12-5-3-2-4-6-12/h2-6,14,17H,7-10H2,1H3,(H,18,19)(H,20,21). The smallest absolute Gasteiger partial charge is 0.326 e. The second-order valence-corrected chi connectivity index (χ2v) is 5.22. The maximum absolute atomic E-state index is 12.0. The second kappa shape index (κ2) is 7.04. The molecule has 0 aliphatic carbocycles. The Labute approximate surface area is 124 Å². The number of hydrogen-bond donors (Lipinski definition) is 3. The van der Waals surface area contributed by atoms with Crippen LogP contribution in [0, 0.1) is 0 Å². The Morgan fingerprint density at radius 3 is 2.48 bits per heavy atom. The number of carbonyl (C=O) groups is 2. The molecule has 1 aromatic rings. The van der Waals surface area contributed by atoms with Crippen molar-refractivity contribution in [3.63, 3.8) is 0 Å². The van der Waals surface area contributed by atoms with E-state index in [1.807, 2.05) is 30.3 Å². The summed E-state index contributed by atoms with van der Waals surface area (Å²) in [6.45, 7) is 3.16. The average molecular weight is 288 g/mol. The van der Waals surface area contributed by atoms with E-state index in [0.29, 0.717) is 31.5 Å². The molecular formula is C16H20N2O3. The molecule has 1 amide bonds. The minimum Gasteiger partial charge on any atom is -0.480 e. The zero-order chi connectivity index (χ0) is 15.2. The molecule has 1 atom stereocenters. The Kier molecular flexibility index (Phi) is 5.11. The molecule has 5 heteroatoms. The number of benzene rings is 1. The predicted molar refractivity (Wildman–Crippen MR) is 79.9 cm³/mol. The first-order chi connectivity index (χ1) is 10.1. The van der Waals surface area contributed by atoms with Gasteiger partial charge in [-0.3, -0.25) is 4.79 Å². The molecule has 0 saturated carbocycles. The molecule has 3 N–H and O–H groups in total. The van der Waals surface area contributed by atoms with Crippen LogP contribution in [0.1, 0.15) is 18.9 Å². The highest BCUT2D eigenvalue weighted by Crippen LogP contribution is 2.10. The van der Waals surface area contributed by atoms with Crippen LogP contribution in [-0.4, -0.2) is 36.1 Å². The van der Waals surface area contributed by atoms with Crippen molar-refractivity contribution in [2.24, 2.45) is 0 Å². The molecule has 2 rings (SSSR count). The molecule has 1 aliphatic rings. The molecule has 21 heavy (non-hydrogen) atoms. The van der Waals surface area contributed by atoms with Crippen LogP contribution in [0.15, 0.2) is 41.5 Å². The van der Waals surface area contributed by atoms with Crippen LogP contribution in [0.25, 0.3) is 0 Å². The van der Waals surface area contributed by atoms with E-state index in [2.05, 4.69) is 10.6 Å². The Balaban J connectivity index is 1.93. The van der Waals surface area contributed by atoms with E-state index in [1.165, 1.54) is 0 Å². The normalized spacial score (nSPS) is 15.0. The lowest BCUT2D eigenvalue weighted by Gasteiger charge is -2.22. The summed E-state index contributed by atoms with van der Waals surface area (Å²) in [6, 6.07) is 8.80. The first-order valence-corrected chi connectivity index (χ1v) is 7.05. The van der Waals surface area contributed by atoms with Crippen molar-refractivity contribution < 1.29 is 14.7 Å². The van der Waals surface area contributed by atoms with Crippen LogP contribution < -0.4 is 10.6 Å². The molecule has 0 bridgehead atoms. The van der Waals surface area contributed by atoms with E-state index in [1.54, 1.807) is 6.92 Å². The van der Waals surface area contributed by atoms with Gasteiger partial charge in [0.25, 0.3) is 0 Å². The van der Waals surface area contributed by atoms with E-state index in [0.717, 1.165) is 11.1 Å². The number of aliphatic carboxylic acids is 1. The number of nitrogens with one attached hydrogen (secondary N) is 2. The van der Waals surface area contributed by atoms with Crippen molar-refractivity contribution in [2.45, 2.75) is 25.8 Å². The van der Waals surface area contributed by atoms with Crippen molar-refractivity contribution in [3.8, 4) is 0 Å². The lowest BCUT2D eigenvalue weighted by atomic mass is 10.0. The quantitative estimate of drug-likeness (QED) is 0.685. The Morgan fingerprint density at radius 1 is 1.29 bits per heavy atom. The van der Waals surface area contributed by atoms with Crippen LogP contribution in [0.2, 0.25) is 0 Å². The maximum Gasteiger partial charge on any atom is 0.326 e. The summed E-state index contributed by atoms with van der Waals surface area (Å²) < 4.78 is 0. The van der Waals surface area contributed by atoms with E-state index in [-0.39, 0.29) is 5.91 Å². The van der Waals surface area contributed by atoms with Gasteiger partial charge in [-0.1, -0.05) is 30.3 Å². The van der Waals surface area contributed by atoms with Crippen molar-refractivity contribution in [1.82, 2.24) is 10.6 Å². The van der Waals surface area contributed by atoms with Crippen LogP contribution >= 0.6 is 0 Å². The molecule has 1 saturated heterocycles. The predicted octanol–water partition coefficient (Wildman–Crippen LogP) is 1.11. The number of hydrogen-bond acceptors (Lipinski definition) is 3. The van der Waals surface area contributed by atoms with Gasteiger partial charge in [0, 0.05) is 18.7 Å². The minimum atomic E-state index is -0.996. The summed E-state index contributed by atoms with van der Waals surface area (Å²) in [7, 11) is 0. The molecule has 1 fully saturated rings. The number of carboxylic acid groups (broad SMARTS) is 1. The summed E-state index contributed by atoms with van der Waals surface area (Å²) in [5.41, 5.74) is 2.73. The van der Waals surface area contributed by atoms with E-state index in [4.69, 9.17) is 0 Å². The molecule has 1 aromatic carbocycles. The van der Waals surface area contributed by atoms with E-state index >= 15 is 0 Å². The molecule has 5 nitrogen and oxygen atoms in total. The van der Waals surface area contributed by atoms with Gasteiger partial charge in [0.2, 0.25) is 5.91 Å². The van der Waals surface area contributed by atoms with Crippen LogP contribution in [0.4, 0.5) is 0 Å². The highest BCUT2D eigenvalue weighted by Gasteiger charge is 2.22. The first-order valence-electron chi connectivity index (χ1n) is 7.05. The van der Waals surface area contributed by atoms with Gasteiger partial charge in [0.1, 0.15) is 6.04 Å². The largest absolute Gasteiger partial charge is 0.480 e.